The molecule has 48 heavy (non-hydrogen) atoms. The Morgan fingerprint density at radius 1 is 0.688 bits per heavy atom. The third-order valence-electron chi connectivity index (χ3n) is 5.42. The largest absolute Gasteiger partial charge is 0.490 e. The summed E-state index contributed by atoms with van der Waals surface area (Å²) in [7, 11) is 0. The third kappa shape index (κ3) is 15.1. The molecule has 0 saturated carbocycles. The minimum Gasteiger partial charge on any atom is -0.475 e. The smallest absolute Gasteiger partial charge is 0.475 e. The minimum absolute atomic E-state index is 0.200. The van der Waals surface area contributed by atoms with Crippen LogP contribution >= 0.6 is 0 Å². The van der Waals surface area contributed by atoms with Crippen LogP contribution in [0.4, 0.5) is 58.4 Å². The number of fused-ring (bicyclic) bond motifs is 2. The summed E-state index contributed by atoms with van der Waals surface area (Å²) < 4.78 is 127. The Hall–Kier alpha value is -4.90. The van der Waals surface area contributed by atoms with Gasteiger partial charge in [0.25, 0.3) is 0 Å². The van der Waals surface area contributed by atoms with E-state index in [1.54, 1.807) is 0 Å². The van der Waals surface area contributed by atoms with Crippen molar-refractivity contribution in [3.05, 3.63) is 54.1 Å². The number of rotatable bonds is 2. The molecule has 4 rings (SSSR count). The fourth-order valence-corrected chi connectivity index (χ4v) is 3.50. The topological polar surface area (TPSA) is 190 Å². The van der Waals surface area contributed by atoms with Gasteiger partial charge >= 0.3 is 48.6 Å². The van der Waals surface area contributed by atoms with Crippen LogP contribution in [0.25, 0.3) is 0 Å². The Morgan fingerprint density at radius 3 is 1.44 bits per heavy atom. The Labute approximate surface area is 259 Å². The molecule has 1 spiro atoms. The summed E-state index contributed by atoms with van der Waals surface area (Å²) in [4.78, 5) is 47.1. The van der Waals surface area contributed by atoms with E-state index in [1.165, 1.54) is 17.8 Å². The highest BCUT2D eigenvalue weighted by atomic mass is 19.4. The molecule has 0 amide bonds. The third-order valence-corrected chi connectivity index (χ3v) is 5.42. The number of nitrogens with zero attached hydrogens (tertiary/aromatic N) is 3. The van der Waals surface area contributed by atoms with Crippen molar-refractivity contribution in [2.24, 2.45) is 0 Å². The first-order valence-electron chi connectivity index (χ1n) is 12.2. The second-order valence-corrected chi connectivity index (χ2v) is 8.97. The van der Waals surface area contributed by atoms with Gasteiger partial charge in [0.2, 0.25) is 0 Å². The van der Waals surface area contributed by atoms with Crippen molar-refractivity contribution in [2.45, 2.75) is 43.1 Å². The molecule has 2 aromatic rings. The zero-order valence-electron chi connectivity index (χ0n) is 23.4. The maximum absolute atomic E-state index is 10.6. The predicted molar refractivity (Wildman–Crippen MR) is 133 cm³/mol. The number of carbonyl (C=O) groups is 4. The highest BCUT2D eigenvalue weighted by Gasteiger charge is 2.46. The average Bonchev–Trinajstić information content (AvgIpc) is 3.53. The van der Waals surface area contributed by atoms with Gasteiger partial charge in [-0.25, -0.2) is 19.2 Å². The summed E-state index contributed by atoms with van der Waals surface area (Å²) in [5.74, 6) is -11.0. The first kappa shape index (κ1) is 43.1. The van der Waals surface area contributed by atoms with Crippen molar-refractivity contribution >= 4 is 29.6 Å². The lowest BCUT2D eigenvalue weighted by Crippen LogP contribution is -2.35. The molecule has 1 fully saturated rings. The van der Waals surface area contributed by atoms with Crippen LogP contribution in [0.5, 0.6) is 0 Å². The number of halogens is 12. The van der Waals surface area contributed by atoms with Crippen LogP contribution < -0.4 is 10.2 Å². The summed E-state index contributed by atoms with van der Waals surface area (Å²) in [6.07, 6.45) is -15.4. The fourth-order valence-electron chi connectivity index (χ4n) is 3.50. The van der Waals surface area contributed by atoms with Crippen LogP contribution in [-0.2, 0) is 31.1 Å². The van der Waals surface area contributed by atoms with Crippen molar-refractivity contribution in [3.63, 3.8) is 0 Å². The average molecular weight is 722 g/mol. The lowest BCUT2D eigenvalue weighted by Gasteiger charge is -2.24. The standard InChI is InChI=1S/C16H18N4.4C2HF3O2/c1-2-7-18-13(4-1)10-20-12-16(6-9-17-11-16)15-14(20)5-3-8-19-15;4*3-2(4,5)1(6)7/h1-5,7-8,17H,6,9-12H2;4*(H,6,7). The molecule has 0 aliphatic carbocycles. The number of aliphatic carboxylic acids is 4. The van der Waals surface area contributed by atoms with Gasteiger partial charge in [0.1, 0.15) is 0 Å². The lowest BCUT2D eigenvalue weighted by molar-refractivity contribution is -0.193. The first-order chi connectivity index (χ1) is 21.6. The van der Waals surface area contributed by atoms with Crippen molar-refractivity contribution in [1.29, 1.82) is 0 Å². The van der Waals surface area contributed by atoms with E-state index < -0.39 is 48.6 Å². The molecule has 24 heteroatoms. The Kier molecular flexibility index (Phi) is 15.5. The van der Waals surface area contributed by atoms with Crippen LogP contribution in [0.2, 0.25) is 0 Å². The molecular weight excluding hydrogens is 700 g/mol. The fraction of sp³-hybridized carbons (Fsp3) is 0.417. The van der Waals surface area contributed by atoms with E-state index in [2.05, 4.69) is 38.4 Å². The molecule has 270 valence electrons. The monoisotopic (exact) mass is 722 g/mol. The van der Waals surface area contributed by atoms with Crippen molar-refractivity contribution < 1.29 is 92.3 Å². The molecule has 2 aromatic heterocycles. The summed E-state index contributed by atoms with van der Waals surface area (Å²) in [5, 5.41) is 32.0. The molecule has 1 unspecified atom stereocenters. The summed E-state index contributed by atoms with van der Waals surface area (Å²) in [6, 6.07) is 10.3. The van der Waals surface area contributed by atoms with Crippen molar-refractivity contribution in [2.75, 3.05) is 24.5 Å². The number of pyridine rings is 2. The van der Waals surface area contributed by atoms with Crippen molar-refractivity contribution in [3.8, 4) is 0 Å². The maximum Gasteiger partial charge on any atom is 0.490 e. The van der Waals surface area contributed by atoms with E-state index in [9.17, 15) is 52.7 Å². The van der Waals surface area contributed by atoms with Crippen LogP contribution in [-0.4, -0.2) is 98.6 Å². The summed E-state index contributed by atoms with van der Waals surface area (Å²) >= 11 is 0. The lowest BCUT2D eigenvalue weighted by atomic mass is 9.85. The molecule has 5 N–H and O–H groups in total. The van der Waals surface area contributed by atoms with Gasteiger partial charge < -0.3 is 30.6 Å². The Bertz CT molecular complexity index is 1270. The number of nitrogens with one attached hydrogen (secondary N) is 1. The van der Waals surface area contributed by atoms with E-state index in [0.717, 1.165) is 31.9 Å². The zero-order valence-corrected chi connectivity index (χ0v) is 23.4. The van der Waals surface area contributed by atoms with Gasteiger partial charge in [-0.2, -0.15) is 52.7 Å². The number of carboxylic acids is 4. The molecule has 2 aliphatic rings. The van der Waals surface area contributed by atoms with E-state index >= 15 is 0 Å². The van der Waals surface area contributed by atoms with Gasteiger partial charge in [0, 0.05) is 30.9 Å². The van der Waals surface area contributed by atoms with Gasteiger partial charge in [-0.05, 0) is 37.2 Å². The molecule has 1 saturated heterocycles. The van der Waals surface area contributed by atoms with Gasteiger partial charge in [-0.1, -0.05) is 6.07 Å². The molecule has 0 radical (unpaired) electrons. The summed E-state index contributed by atoms with van der Waals surface area (Å²) in [5.41, 5.74) is 3.86. The van der Waals surface area contributed by atoms with E-state index in [4.69, 9.17) is 39.6 Å². The molecule has 2 aliphatic heterocycles. The second-order valence-electron chi connectivity index (χ2n) is 8.97. The second kappa shape index (κ2) is 17.3. The Morgan fingerprint density at radius 2 is 1.10 bits per heavy atom. The number of anilines is 1. The summed E-state index contributed by atoms with van der Waals surface area (Å²) in [6.45, 7) is 4.04. The van der Waals surface area contributed by atoms with E-state index in [-0.39, 0.29) is 5.41 Å². The minimum atomic E-state index is -5.08. The molecule has 0 bridgehead atoms. The highest BCUT2D eigenvalue weighted by Crippen LogP contribution is 2.43. The highest BCUT2D eigenvalue weighted by molar-refractivity contribution is 5.74. The van der Waals surface area contributed by atoms with Crippen LogP contribution in [0.15, 0.2) is 42.7 Å². The molecule has 0 aromatic carbocycles. The number of hydrogen-bond donors (Lipinski definition) is 5. The van der Waals surface area contributed by atoms with Gasteiger partial charge in [0.05, 0.1) is 23.6 Å². The van der Waals surface area contributed by atoms with Crippen molar-refractivity contribution in [1.82, 2.24) is 15.3 Å². The normalized spacial score (nSPS) is 16.7. The zero-order chi connectivity index (χ0) is 37.7. The van der Waals surface area contributed by atoms with Crippen LogP contribution in [0, 0.1) is 0 Å². The quantitative estimate of drug-likeness (QED) is 0.278. The SMILES string of the molecule is O=C(O)C(F)(F)F.O=C(O)C(F)(F)F.O=C(O)C(F)(F)F.O=C(O)C(F)(F)F.c1ccc(CN2CC3(CCNC3)c3ncccc32)nc1. The van der Waals surface area contributed by atoms with E-state index in [1.807, 2.05) is 24.5 Å². The predicted octanol–water partition coefficient (Wildman–Crippen LogP) is 4.26. The molecular formula is C24H22F12N4O8. The van der Waals surface area contributed by atoms with Crippen LogP contribution in [0.3, 0.4) is 0 Å². The van der Waals surface area contributed by atoms with Gasteiger partial charge in [-0.15, -0.1) is 0 Å². The number of alkyl halides is 12. The Balaban J connectivity index is 0.000000661. The number of carboxylic acid groups (broad SMARTS) is 4. The number of hydrogen-bond acceptors (Lipinski definition) is 8. The number of aromatic nitrogens is 2. The molecule has 12 nitrogen and oxygen atoms in total. The molecule has 4 heterocycles. The van der Waals surface area contributed by atoms with Gasteiger partial charge in [-0.3, -0.25) is 9.97 Å². The van der Waals surface area contributed by atoms with Gasteiger partial charge in [0.15, 0.2) is 0 Å². The van der Waals surface area contributed by atoms with E-state index in [0.29, 0.717) is 0 Å². The van der Waals surface area contributed by atoms with Crippen LogP contribution in [0.1, 0.15) is 17.8 Å². The maximum atomic E-state index is 10.6. The molecule has 1 atom stereocenters. The first-order valence-corrected chi connectivity index (χ1v) is 12.2.